The lowest BCUT2D eigenvalue weighted by molar-refractivity contribution is 0.309. The van der Waals surface area contributed by atoms with E-state index in [0.29, 0.717) is 6.04 Å². The Morgan fingerprint density at radius 1 is 1.07 bits per heavy atom. The van der Waals surface area contributed by atoms with Crippen LogP contribution in [0.15, 0.2) is 12.1 Å². The first kappa shape index (κ1) is 10.5. The van der Waals surface area contributed by atoms with Crippen molar-refractivity contribution in [1.29, 1.82) is 0 Å². The fraction of sp³-hybridized carbons (Fsp3) is 0.571. The molecule has 1 N–H and O–H groups in total. The molecule has 0 aliphatic heterocycles. The van der Waals surface area contributed by atoms with Crippen molar-refractivity contribution < 1.29 is 0 Å². The molecule has 1 saturated carbocycles. The molecule has 1 aromatic rings. The van der Waals surface area contributed by atoms with Crippen molar-refractivity contribution in [3.63, 3.8) is 0 Å². The standard InChI is InChI=1S/C14H21N/c1-9-5-11(3)14(12(4)6-9)15-13-7-10(2)8-13/h5-6,10,13,15H,7-8H2,1-4H3. The van der Waals surface area contributed by atoms with Crippen LogP contribution in [0, 0.1) is 26.7 Å². The molecule has 0 spiro atoms. The van der Waals surface area contributed by atoms with Gasteiger partial charge in [-0.05, 0) is 50.7 Å². The van der Waals surface area contributed by atoms with Crippen LogP contribution < -0.4 is 5.32 Å². The first-order valence-electron chi connectivity index (χ1n) is 5.90. The van der Waals surface area contributed by atoms with Gasteiger partial charge >= 0.3 is 0 Å². The number of rotatable bonds is 2. The van der Waals surface area contributed by atoms with E-state index < -0.39 is 0 Å². The van der Waals surface area contributed by atoms with Crippen molar-refractivity contribution in [2.75, 3.05) is 5.32 Å². The van der Waals surface area contributed by atoms with Gasteiger partial charge in [0.15, 0.2) is 0 Å². The fourth-order valence-corrected chi connectivity index (χ4v) is 2.63. The fourth-order valence-electron chi connectivity index (χ4n) is 2.63. The average Bonchev–Trinajstić information content (AvgIpc) is 2.07. The average molecular weight is 203 g/mol. The third-order valence-corrected chi connectivity index (χ3v) is 3.40. The number of benzene rings is 1. The minimum atomic E-state index is 0.708. The second-order valence-electron chi connectivity index (χ2n) is 5.19. The zero-order valence-electron chi connectivity index (χ0n) is 10.2. The number of aryl methyl sites for hydroxylation is 3. The minimum Gasteiger partial charge on any atom is -0.382 e. The van der Waals surface area contributed by atoms with Gasteiger partial charge in [-0.15, -0.1) is 0 Å². The number of anilines is 1. The van der Waals surface area contributed by atoms with Crippen molar-refractivity contribution >= 4 is 5.69 Å². The highest BCUT2D eigenvalue weighted by Gasteiger charge is 2.25. The SMILES string of the molecule is Cc1cc(C)c(NC2CC(C)C2)c(C)c1. The molecule has 1 aromatic carbocycles. The topological polar surface area (TPSA) is 12.0 Å². The Morgan fingerprint density at radius 2 is 1.60 bits per heavy atom. The van der Waals surface area contributed by atoms with Crippen LogP contribution in [0.3, 0.4) is 0 Å². The summed E-state index contributed by atoms with van der Waals surface area (Å²) in [6.07, 6.45) is 2.65. The molecular formula is C14H21N. The zero-order chi connectivity index (χ0) is 11.0. The van der Waals surface area contributed by atoms with Crippen LogP contribution in [0.2, 0.25) is 0 Å². The lowest BCUT2D eigenvalue weighted by Crippen LogP contribution is -2.34. The molecule has 0 bridgehead atoms. The van der Waals surface area contributed by atoms with Crippen LogP contribution in [0.5, 0.6) is 0 Å². The molecule has 1 aliphatic carbocycles. The van der Waals surface area contributed by atoms with Gasteiger partial charge in [-0.25, -0.2) is 0 Å². The zero-order valence-corrected chi connectivity index (χ0v) is 10.2. The summed E-state index contributed by atoms with van der Waals surface area (Å²) in [6.45, 7) is 8.89. The highest BCUT2D eigenvalue weighted by Crippen LogP contribution is 2.32. The van der Waals surface area contributed by atoms with Crippen LogP contribution >= 0.6 is 0 Å². The molecule has 0 aromatic heterocycles. The van der Waals surface area contributed by atoms with E-state index in [1.54, 1.807) is 0 Å². The van der Waals surface area contributed by atoms with Crippen molar-refractivity contribution in [3.8, 4) is 0 Å². The quantitative estimate of drug-likeness (QED) is 0.770. The Hall–Kier alpha value is -0.980. The smallest absolute Gasteiger partial charge is 0.0401 e. The third-order valence-electron chi connectivity index (χ3n) is 3.40. The monoisotopic (exact) mass is 203 g/mol. The van der Waals surface area contributed by atoms with Gasteiger partial charge in [0.25, 0.3) is 0 Å². The summed E-state index contributed by atoms with van der Waals surface area (Å²) in [5.41, 5.74) is 5.48. The Labute approximate surface area is 92.9 Å². The lowest BCUT2D eigenvalue weighted by atomic mass is 9.81. The number of hydrogen-bond donors (Lipinski definition) is 1. The van der Waals surface area contributed by atoms with Gasteiger partial charge in [0.1, 0.15) is 0 Å². The highest BCUT2D eigenvalue weighted by atomic mass is 14.9. The van der Waals surface area contributed by atoms with Gasteiger partial charge in [-0.1, -0.05) is 24.6 Å². The number of nitrogens with one attached hydrogen (secondary N) is 1. The maximum atomic E-state index is 3.67. The van der Waals surface area contributed by atoms with Gasteiger partial charge in [0.05, 0.1) is 0 Å². The molecule has 0 heterocycles. The molecule has 0 unspecified atom stereocenters. The minimum absolute atomic E-state index is 0.708. The molecule has 1 fully saturated rings. The Bertz CT molecular complexity index is 339. The number of hydrogen-bond acceptors (Lipinski definition) is 1. The maximum absolute atomic E-state index is 3.67. The van der Waals surface area contributed by atoms with Crippen molar-refractivity contribution in [3.05, 3.63) is 28.8 Å². The lowest BCUT2D eigenvalue weighted by Gasteiger charge is -2.35. The van der Waals surface area contributed by atoms with E-state index >= 15 is 0 Å². The molecule has 2 rings (SSSR count). The van der Waals surface area contributed by atoms with Gasteiger partial charge in [-0.2, -0.15) is 0 Å². The van der Waals surface area contributed by atoms with E-state index in [0.717, 1.165) is 5.92 Å². The maximum Gasteiger partial charge on any atom is 0.0401 e. The highest BCUT2D eigenvalue weighted by molar-refractivity contribution is 5.58. The molecule has 82 valence electrons. The summed E-state index contributed by atoms with van der Waals surface area (Å²) in [5.74, 6) is 0.911. The van der Waals surface area contributed by atoms with Crippen molar-refractivity contribution in [2.45, 2.75) is 46.6 Å². The van der Waals surface area contributed by atoms with Gasteiger partial charge < -0.3 is 5.32 Å². The second-order valence-corrected chi connectivity index (χ2v) is 5.19. The van der Waals surface area contributed by atoms with Crippen molar-refractivity contribution in [2.24, 2.45) is 5.92 Å². The van der Waals surface area contributed by atoms with Crippen LogP contribution in [0.25, 0.3) is 0 Å². The Morgan fingerprint density at radius 3 is 2.07 bits per heavy atom. The van der Waals surface area contributed by atoms with E-state index in [-0.39, 0.29) is 0 Å². The van der Waals surface area contributed by atoms with Crippen LogP contribution in [-0.4, -0.2) is 6.04 Å². The molecule has 1 aliphatic rings. The first-order chi connectivity index (χ1) is 7.06. The summed E-state index contributed by atoms with van der Waals surface area (Å²) in [6, 6.07) is 5.23. The van der Waals surface area contributed by atoms with Crippen molar-refractivity contribution in [1.82, 2.24) is 0 Å². The molecule has 1 heteroatoms. The normalized spacial score (nSPS) is 24.8. The van der Waals surface area contributed by atoms with Gasteiger partial charge in [-0.3, -0.25) is 0 Å². The molecular weight excluding hydrogens is 182 g/mol. The summed E-state index contributed by atoms with van der Waals surface area (Å²) in [7, 11) is 0. The summed E-state index contributed by atoms with van der Waals surface area (Å²) >= 11 is 0. The predicted molar refractivity (Wildman–Crippen MR) is 66.5 cm³/mol. The van der Waals surface area contributed by atoms with Crippen LogP contribution in [-0.2, 0) is 0 Å². The van der Waals surface area contributed by atoms with Gasteiger partial charge in [0.2, 0.25) is 0 Å². The molecule has 0 atom stereocenters. The van der Waals surface area contributed by atoms with E-state index in [2.05, 4.69) is 45.1 Å². The molecule has 1 nitrogen and oxygen atoms in total. The van der Waals surface area contributed by atoms with E-state index in [4.69, 9.17) is 0 Å². The Kier molecular flexibility index (Phi) is 2.72. The van der Waals surface area contributed by atoms with Gasteiger partial charge in [0, 0.05) is 11.7 Å². The van der Waals surface area contributed by atoms with E-state index in [9.17, 15) is 0 Å². The summed E-state index contributed by atoms with van der Waals surface area (Å²) in [4.78, 5) is 0. The molecule has 15 heavy (non-hydrogen) atoms. The first-order valence-corrected chi connectivity index (χ1v) is 5.90. The molecule has 0 amide bonds. The Balaban J connectivity index is 2.14. The second kappa shape index (κ2) is 3.88. The van der Waals surface area contributed by atoms with E-state index in [1.165, 1.54) is 35.2 Å². The molecule has 0 saturated heterocycles. The summed E-state index contributed by atoms with van der Waals surface area (Å²) in [5, 5.41) is 3.67. The van der Waals surface area contributed by atoms with E-state index in [1.807, 2.05) is 0 Å². The third kappa shape index (κ3) is 2.17. The van der Waals surface area contributed by atoms with Crippen LogP contribution in [0.4, 0.5) is 5.69 Å². The summed E-state index contributed by atoms with van der Waals surface area (Å²) < 4.78 is 0. The largest absolute Gasteiger partial charge is 0.382 e. The predicted octanol–water partition coefficient (Wildman–Crippen LogP) is 3.82. The molecule has 0 radical (unpaired) electrons. The van der Waals surface area contributed by atoms with Crippen LogP contribution in [0.1, 0.15) is 36.5 Å².